The Morgan fingerprint density at radius 3 is 2.48 bits per heavy atom. The third kappa shape index (κ3) is 5.18. The van der Waals surface area contributed by atoms with Crippen LogP contribution in [-0.4, -0.2) is 31.7 Å². The Labute approximate surface area is 165 Å². The molecule has 0 unspecified atom stereocenters. The molecule has 1 amide bonds. The molecule has 1 saturated carbocycles. The summed E-state index contributed by atoms with van der Waals surface area (Å²) < 4.78 is 27.2. The number of carbonyl (C=O) groups is 1. The zero-order chi connectivity index (χ0) is 19.3. The minimum absolute atomic E-state index is 0.0730. The maximum Gasteiger partial charge on any atom is 0.243 e. The van der Waals surface area contributed by atoms with E-state index in [1.54, 1.807) is 42.6 Å². The molecule has 0 radical (unpaired) electrons. The lowest BCUT2D eigenvalue weighted by Crippen LogP contribution is -2.38. The third-order valence-electron chi connectivity index (χ3n) is 5.12. The fraction of sp³-hybridized carbons (Fsp3) is 0.450. The van der Waals surface area contributed by atoms with E-state index in [9.17, 15) is 13.2 Å². The van der Waals surface area contributed by atoms with Crippen molar-refractivity contribution in [2.75, 3.05) is 12.4 Å². The van der Waals surface area contributed by atoms with Crippen molar-refractivity contribution < 1.29 is 13.2 Å². The molecule has 0 bridgehead atoms. The second kappa shape index (κ2) is 8.99. The van der Waals surface area contributed by atoms with E-state index in [-0.39, 0.29) is 16.8 Å². The summed E-state index contributed by atoms with van der Waals surface area (Å²) in [7, 11) is -1.83. The van der Waals surface area contributed by atoms with Crippen LogP contribution in [0.4, 0.5) is 5.69 Å². The SMILES string of the molecule is CN(C1CCCCC1)S(=O)(=O)c1ccc(NC(=O)CCc2ccsc2)cc1. The predicted molar refractivity (Wildman–Crippen MR) is 110 cm³/mol. The Morgan fingerprint density at radius 1 is 1.15 bits per heavy atom. The van der Waals surface area contributed by atoms with Gasteiger partial charge in [-0.1, -0.05) is 19.3 Å². The summed E-state index contributed by atoms with van der Waals surface area (Å²) in [5, 5.41) is 6.87. The Balaban J connectivity index is 1.59. The van der Waals surface area contributed by atoms with E-state index in [2.05, 4.69) is 5.32 Å². The molecule has 0 spiro atoms. The number of rotatable bonds is 7. The van der Waals surface area contributed by atoms with Gasteiger partial charge in [-0.05, 0) is 65.9 Å². The van der Waals surface area contributed by atoms with Crippen LogP contribution in [0.15, 0.2) is 46.0 Å². The van der Waals surface area contributed by atoms with Crippen LogP contribution in [0, 0.1) is 0 Å². The number of amides is 1. The van der Waals surface area contributed by atoms with Crippen LogP contribution in [0.3, 0.4) is 0 Å². The van der Waals surface area contributed by atoms with Crippen LogP contribution in [0.2, 0.25) is 0 Å². The largest absolute Gasteiger partial charge is 0.326 e. The second-order valence-corrected chi connectivity index (χ2v) is 9.79. The molecule has 5 nitrogen and oxygen atoms in total. The van der Waals surface area contributed by atoms with Gasteiger partial charge in [-0.2, -0.15) is 15.6 Å². The number of hydrogen-bond donors (Lipinski definition) is 1. The lowest BCUT2D eigenvalue weighted by molar-refractivity contribution is -0.116. The monoisotopic (exact) mass is 406 g/mol. The number of sulfonamides is 1. The highest BCUT2D eigenvalue weighted by molar-refractivity contribution is 7.89. The molecule has 27 heavy (non-hydrogen) atoms. The van der Waals surface area contributed by atoms with Crippen molar-refractivity contribution >= 4 is 33.0 Å². The first-order valence-electron chi connectivity index (χ1n) is 9.36. The number of anilines is 1. The molecule has 0 aliphatic heterocycles. The van der Waals surface area contributed by atoms with E-state index in [1.807, 2.05) is 16.8 Å². The predicted octanol–water partition coefficient (Wildman–Crippen LogP) is 4.27. The maximum absolute atomic E-state index is 12.8. The zero-order valence-electron chi connectivity index (χ0n) is 15.6. The van der Waals surface area contributed by atoms with Crippen LogP contribution in [-0.2, 0) is 21.2 Å². The standard InChI is InChI=1S/C20H26N2O3S2/c1-22(18-5-3-2-4-6-18)27(24,25)19-10-8-17(9-11-19)21-20(23)12-7-16-13-14-26-15-16/h8-11,13-15,18H,2-7,12H2,1H3,(H,21,23). The Bertz CT molecular complexity index is 840. The van der Waals surface area contributed by atoms with Crippen LogP contribution < -0.4 is 5.32 Å². The van der Waals surface area contributed by atoms with E-state index < -0.39 is 10.0 Å². The molecule has 1 aromatic carbocycles. The minimum Gasteiger partial charge on any atom is -0.326 e. The molecule has 1 heterocycles. The minimum atomic E-state index is -3.50. The van der Waals surface area contributed by atoms with Gasteiger partial charge in [0, 0.05) is 25.2 Å². The molecular formula is C20H26N2O3S2. The van der Waals surface area contributed by atoms with Gasteiger partial charge in [-0.3, -0.25) is 4.79 Å². The molecule has 1 N–H and O–H groups in total. The molecule has 1 fully saturated rings. The summed E-state index contributed by atoms with van der Waals surface area (Å²) in [5.74, 6) is -0.0730. The maximum atomic E-state index is 12.8. The average molecular weight is 407 g/mol. The lowest BCUT2D eigenvalue weighted by Gasteiger charge is -2.30. The smallest absolute Gasteiger partial charge is 0.243 e. The number of thiophene rings is 1. The van der Waals surface area contributed by atoms with E-state index >= 15 is 0 Å². The van der Waals surface area contributed by atoms with Gasteiger partial charge in [-0.25, -0.2) is 8.42 Å². The highest BCUT2D eigenvalue weighted by Gasteiger charge is 2.28. The number of carbonyl (C=O) groups excluding carboxylic acids is 1. The van der Waals surface area contributed by atoms with E-state index in [0.29, 0.717) is 18.5 Å². The van der Waals surface area contributed by atoms with Gasteiger partial charge in [0.25, 0.3) is 0 Å². The van der Waals surface area contributed by atoms with Gasteiger partial charge in [0.05, 0.1) is 4.90 Å². The van der Waals surface area contributed by atoms with Crippen LogP contribution >= 0.6 is 11.3 Å². The highest BCUT2D eigenvalue weighted by atomic mass is 32.2. The highest BCUT2D eigenvalue weighted by Crippen LogP contribution is 2.27. The first kappa shape index (κ1) is 20.0. The van der Waals surface area contributed by atoms with Gasteiger partial charge in [0.1, 0.15) is 0 Å². The summed E-state index contributed by atoms with van der Waals surface area (Å²) in [5.41, 5.74) is 1.77. The van der Waals surface area contributed by atoms with Crippen molar-refractivity contribution in [2.24, 2.45) is 0 Å². The third-order valence-corrected chi connectivity index (χ3v) is 7.78. The van der Waals surface area contributed by atoms with Crippen molar-refractivity contribution in [3.63, 3.8) is 0 Å². The van der Waals surface area contributed by atoms with Crippen molar-refractivity contribution in [1.82, 2.24) is 4.31 Å². The lowest BCUT2D eigenvalue weighted by atomic mass is 9.96. The fourth-order valence-corrected chi connectivity index (χ4v) is 5.55. The van der Waals surface area contributed by atoms with Crippen molar-refractivity contribution in [2.45, 2.75) is 55.9 Å². The van der Waals surface area contributed by atoms with Crippen molar-refractivity contribution in [3.8, 4) is 0 Å². The summed E-state index contributed by atoms with van der Waals surface area (Å²) >= 11 is 1.62. The molecular weight excluding hydrogens is 380 g/mol. The Kier molecular flexibility index (Phi) is 6.68. The molecule has 7 heteroatoms. The molecule has 3 rings (SSSR count). The van der Waals surface area contributed by atoms with Gasteiger partial charge in [0.15, 0.2) is 0 Å². The van der Waals surface area contributed by atoms with Crippen LogP contribution in [0.25, 0.3) is 0 Å². The summed E-state index contributed by atoms with van der Waals surface area (Å²) in [6.45, 7) is 0. The van der Waals surface area contributed by atoms with Gasteiger partial charge in [-0.15, -0.1) is 0 Å². The molecule has 1 aromatic heterocycles. The molecule has 1 aliphatic rings. The summed E-state index contributed by atoms with van der Waals surface area (Å²) in [6, 6.07) is 8.56. The number of nitrogens with zero attached hydrogens (tertiary/aromatic N) is 1. The van der Waals surface area contributed by atoms with E-state index in [4.69, 9.17) is 0 Å². The molecule has 0 atom stereocenters. The average Bonchev–Trinajstić information content (AvgIpc) is 3.20. The second-order valence-electron chi connectivity index (χ2n) is 7.02. The quantitative estimate of drug-likeness (QED) is 0.747. The Hall–Kier alpha value is -1.70. The first-order chi connectivity index (χ1) is 13.0. The topological polar surface area (TPSA) is 66.5 Å². The van der Waals surface area contributed by atoms with Crippen molar-refractivity contribution in [3.05, 3.63) is 46.7 Å². The zero-order valence-corrected chi connectivity index (χ0v) is 17.2. The van der Waals surface area contributed by atoms with Gasteiger partial charge in [0.2, 0.25) is 15.9 Å². The molecule has 146 valence electrons. The number of hydrogen-bond acceptors (Lipinski definition) is 4. The van der Waals surface area contributed by atoms with Crippen LogP contribution in [0.5, 0.6) is 0 Å². The van der Waals surface area contributed by atoms with Gasteiger partial charge < -0.3 is 5.32 Å². The Morgan fingerprint density at radius 2 is 1.85 bits per heavy atom. The van der Waals surface area contributed by atoms with Gasteiger partial charge >= 0.3 is 0 Å². The number of benzene rings is 1. The number of nitrogens with one attached hydrogen (secondary N) is 1. The first-order valence-corrected chi connectivity index (χ1v) is 11.7. The van der Waals surface area contributed by atoms with Crippen molar-refractivity contribution in [1.29, 1.82) is 0 Å². The number of aryl methyl sites for hydroxylation is 1. The molecule has 1 aliphatic carbocycles. The van der Waals surface area contributed by atoms with Crippen LogP contribution in [0.1, 0.15) is 44.1 Å². The fourth-order valence-electron chi connectivity index (χ4n) is 3.43. The van der Waals surface area contributed by atoms with E-state index in [0.717, 1.165) is 31.2 Å². The van der Waals surface area contributed by atoms with E-state index in [1.165, 1.54) is 10.7 Å². The summed E-state index contributed by atoms with van der Waals surface area (Å²) in [6.07, 6.45) is 6.31. The normalized spacial score (nSPS) is 15.8. The summed E-state index contributed by atoms with van der Waals surface area (Å²) in [4.78, 5) is 12.3. The molecule has 2 aromatic rings. The molecule has 0 saturated heterocycles.